The lowest BCUT2D eigenvalue weighted by atomic mass is 9.85. The Kier molecular flexibility index (Phi) is 5.42. The zero-order valence-electron chi connectivity index (χ0n) is 11.1. The Bertz CT molecular complexity index is 428. The van der Waals surface area contributed by atoms with Crippen molar-refractivity contribution in [2.24, 2.45) is 5.92 Å². The first-order valence-corrected chi connectivity index (χ1v) is 8.01. The molecule has 0 unspecified atom stereocenters. The molecule has 106 valence electrons. The van der Waals surface area contributed by atoms with Crippen molar-refractivity contribution >= 4 is 22.6 Å². The molecule has 0 radical (unpaired) electrons. The maximum atomic E-state index is 13.8. The van der Waals surface area contributed by atoms with Crippen molar-refractivity contribution in [2.45, 2.75) is 42.4 Å². The Hall–Kier alpha value is -0.390. The van der Waals surface area contributed by atoms with E-state index in [4.69, 9.17) is 4.74 Å². The van der Waals surface area contributed by atoms with Crippen molar-refractivity contribution in [3.8, 4) is 5.75 Å². The quantitative estimate of drug-likeness (QED) is 0.533. The van der Waals surface area contributed by atoms with Gasteiger partial charge in [-0.25, -0.2) is 4.39 Å². The van der Waals surface area contributed by atoms with Crippen molar-refractivity contribution < 1.29 is 13.5 Å². The third kappa shape index (κ3) is 3.80. The van der Waals surface area contributed by atoms with E-state index in [1.165, 1.54) is 38.9 Å². The van der Waals surface area contributed by atoms with Crippen molar-refractivity contribution in [3.05, 3.63) is 29.3 Å². The van der Waals surface area contributed by atoms with E-state index in [1.54, 1.807) is 6.07 Å². The Morgan fingerprint density at radius 1 is 1.16 bits per heavy atom. The summed E-state index contributed by atoms with van der Waals surface area (Å²) in [5.74, 6) is -0.972. The molecular weight excluding hydrogens is 361 g/mol. The van der Waals surface area contributed by atoms with Crippen LogP contribution in [0.25, 0.3) is 0 Å². The Morgan fingerprint density at radius 2 is 1.84 bits per heavy atom. The van der Waals surface area contributed by atoms with Crippen molar-refractivity contribution in [3.63, 3.8) is 0 Å². The van der Waals surface area contributed by atoms with E-state index in [0.717, 1.165) is 10.3 Å². The zero-order valence-corrected chi connectivity index (χ0v) is 13.3. The molecule has 1 aromatic rings. The number of alkyl halides is 1. The van der Waals surface area contributed by atoms with Crippen LogP contribution in [0.3, 0.4) is 0 Å². The third-order valence-corrected chi connectivity index (χ3v) is 5.19. The summed E-state index contributed by atoms with van der Waals surface area (Å²) in [5, 5.41) is 0. The first-order chi connectivity index (χ1) is 9.11. The van der Waals surface area contributed by atoms with Gasteiger partial charge in [0.15, 0.2) is 11.6 Å². The monoisotopic (exact) mass is 380 g/mol. The molecule has 1 saturated carbocycles. The predicted octanol–water partition coefficient (Wildman–Crippen LogP) is 4.90. The number of benzene rings is 1. The molecule has 1 aromatic carbocycles. The minimum absolute atomic E-state index is 0.0216. The van der Waals surface area contributed by atoms with Crippen molar-refractivity contribution in [2.75, 3.05) is 7.11 Å². The zero-order chi connectivity index (χ0) is 13.8. The van der Waals surface area contributed by atoms with Crippen LogP contribution in [0.15, 0.2) is 12.1 Å². The summed E-state index contributed by atoms with van der Waals surface area (Å²) in [6, 6.07) is 3.15. The van der Waals surface area contributed by atoms with Gasteiger partial charge in [0.2, 0.25) is 5.82 Å². The molecule has 0 bridgehead atoms. The van der Waals surface area contributed by atoms with Crippen molar-refractivity contribution in [1.29, 1.82) is 0 Å². The van der Waals surface area contributed by atoms with Crippen LogP contribution in [0.4, 0.5) is 8.78 Å². The average Bonchev–Trinajstić information content (AvgIpc) is 2.42. The van der Waals surface area contributed by atoms with Gasteiger partial charge in [-0.15, -0.1) is 0 Å². The van der Waals surface area contributed by atoms with E-state index in [9.17, 15) is 8.78 Å². The first-order valence-electron chi connectivity index (χ1n) is 6.76. The van der Waals surface area contributed by atoms with Gasteiger partial charge in [0.25, 0.3) is 0 Å². The number of hydrogen-bond acceptors (Lipinski definition) is 1. The maximum Gasteiger partial charge on any atom is 0.200 e. The van der Waals surface area contributed by atoms with Crippen LogP contribution in [-0.4, -0.2) is 11.0 Å². The second kappa shape index (κ2) is 6.86. The molecule has 1 aliphatic carbocycles. The van der Waals surface area contributed by atoms with Gasteiger partial charge in [-0.2, -0.15) is 4.39 Å². The summed E-state index contributed by atoms with van der Waals surface area (Å²) < 4.78 is 33.0. The Labute approximate surface area is 126 Å². The fourth-order valence-electron chi connectivity index (χ4n) is 2.69. The summed E-state index contributed by atoms with van der Waals surface area (Å²) in [6.07, 6.45) is 6.51. The highest BCUT2D eigenvalue weighted by atomic mass is 127. The minimum atomic E-state index is -0.865. The Balaban J connectivity index is 1.94. The van der Waals surface area contributed by atoms with E-state index >= 15 is 0 Å². The molecule has 1 fully saturated rings. The lowest BCUT2D eigenvalue weighted by Gasteiger charge is -2.25. The summed E-state index contributed by atoms with van der Waals surface area (Å²) in [5.41, 5.74) is 0.467. The molecule has 0 amide bonds. The van der Waals surface area contributed by atoms with E-state index in [2.05, 4.69) is 22.6 Å². The number of ether oxygens (including phenoxy) is 1. The lowest BCUT2D eigenvalue weighted by molar-refractivity contribution is 0.346. The van der Waals surface area contributed by atoms with Crippen LogP contribution >= 0.6 is 22.6 Å². The molecule has 1 aliphatic rings. The third-order valence-electron chi connectivity index (χ3n) is 3.94. The summed E-state index contributed by atoms with van der Waals surface area (Å²) in [7, 11) is 1.35. The summed E-state index contributed by atoms with van der Waals surface area (Å²) in [4.78, 5) is 0. The van der Waals surface area contributed by atoms with Gasteiger partial charge in [-0.05, 0) is 56.1 Å². The molecule has 0 spiro atoms. The van der Waals surface area contributed by atoms with Gasteiger partial charge in [-0.1, -0.05) is 28.7 Å². The molecule has 1 nitrogen and oxygen atoms in total. The van der Waals surface area contributed by atoms with E-state index in [-0.39, 0.29) is 5.75 Å². The van der Waals surface area contributed by atoms with Gasteiger partial charge >= 0.3 is 0 Å². The molecule has 0 N–H and O–H groups in total. The molecule has 19 heavy (non-hydrogen) atoms. The number of methoxy groups -OCH3 is 1. The summed E-state index contributed by atoms with van der Waals surface area (Å²) in [6.45, 7) is 0. The van der Waals surface area contributed by atoms with E-state index in [1.807, 2.05) is 0 Å². The number of aryl methyl sites for hydroxylation is 1. The fraction of sp³-hybridized carbons (Fsp3) is 0.600. The molecule has 0 heterocycles. The maximum absolute atomic E-state index is 13.8. The minimum Gasteiger partial charge on any atom is -0.494 e. The molecule has 2 rings (SSSR count). The highest BCUT2D eigenvalue weighted by molar-refractivity contribution is 14.1. The van der Waals surface area contributed by atoms with Crippen LogP contribution in [0, 0.1) is 17.6 Å². The van der Waals surface area contributed by atoms with Gasteiger partial charge < -0.3 is 4.74 Å². The van der Waals surface area contributed by atoms with E-state index < -0.39 is 11.6 Å². The van der Waals surface area contributed by atoms with Gasteiger partial charge in [0.1, 0.15) is 0 Å². The molecular formula is C15H19F2IO. The Morgan fingerprint density at radius 3 is 2.47 bits per heavy atom. The smallest absolute Gasteiger partial charge is 0.200 e. The molecule has 4 heteroatoms. The number of hydrogen-bond donors (Lipinski definition) is 0. The fourth-order valence-corrected chi connectivity index (χ4v) is 3.41. The van der Waals surface area contributed by atoms with Crippen LogP contribution in [0.1, 0.15) is 37.7 Å². The SMILES string of the molecule is COc1ccc(CCC2CCC(I)CC2)c(F)c1F. The lowest BCUT2D eigenvalue weighted by Crippen LogP contribution is -2.14. The van der Waals surface area contributed by atoms with Crippen LogP contribution in [-0.2, 0) is 6.42 Å². The van der Waals surface area contributed by atoms with Crippen LogP contribution in [0.2, 0.25) is 0 Å². The second-order valence-electron chi connectivity index (χ2n) is 5.21. The standard InChI is InChI=1S/C15H19F2IO/c1-19-13-9-6-11(14(16)15(13)17)5-2-10-3-7-12(18)8-4-10/h6,9-10,12H,2-5,7-8H2,1H3. The molecule has 0 aliphatic heterocycles. The van der Waals surface area contributed by atoms with Crippen LogP contribution < -0.4 is 4.74 Å². The highest BCUT2D eigenvalue weighted by Crippen LogP contribution is 2.32. The number of rotatable bonds is 4. The average molecular weight is 380 g/mol. The molecule has 0 saturated heterocycles. The van der Waals surface area contributed by atoms with Gasteiger partial charge in [0, 0.05) is 3.92 Å². The summed E-state index contributed by atoms with van der Waals surface area (Å²) >= 11 is 2.50. The first kappa shape index (κ1) is 15.0. The number of halogens is 3. The molecule has 0 atom stereocenters. The van der Waals surface area contributed by atoms with Crippen LogP contribution in [0.5, 0.6) is 5.75 Å². The predicted molar refractivity (Wildman–Crippen MR) is 81.0 cm³/mol. The van der Waals surface area contributed by atoms with E-state index in [0.29, 0.717) is 17.9 Å². The molecule has 0 aromatic heterocycles. The topological polar surface area (TPSA) is 9.23 Å². The highest BCUT2D eigenvalue weighted by Gasteiger charge is 2.20. The van der Waals surface area contributed by atoms with Gasteiger partial charge in [0.05, 0.1) is 7.11 Å². The van der Waals surface area contributed by atoms with Crippen molar-refractivity contribution in [1.82, 2.24) is 0 Å². The second-order valence-corrected chi connectivity index (χ2v) is 6.97. The normalized spacial score (nSPS) is 23.4. The van der Waals surface area contributed by atoms with Gasteiger partial charge in [-0.3, -0.25) is 0 Å². The largest absolute Gasteiger partial charge is 0.494 e.